The van der Waals surface area contributed by atoms with Crippen LogP contribution < -0.4 is 15.1 Å². The van der Waals surface area contributed by atoms with Crippen LogP contribution in [0, 0.1) is 12.8 Å². The first-order valence-corrected chi connectivity index (χ1v) is 8.56. The lowest BCUT2D eigenvalue weighted by Gasteiger charge is -2.24. The van der Waals surface area contributed by atoms with Crippen molar-refractivity contribution in [1.82, 2.24) is 5.32 Å². The summed E-state index contributed by atoms with van der Waals surface area (Å²) in [6, 6.07) is 6.15. The first-order valence-electron chi connectivity index (χ1n) is 8.56. The molecule has 1 aromatic carbocycles. The molecule has 0 saturated carbocycles. The maximum absolute atomic E-state index is 12.4. The first-order chi connectivity index (χ1) is 11.5. The van der Waals surface area contributed by atoms with Crippen LogP contribution in [-0.2, 0) is 9.59 Å². The van der Waals surface area contributed by atoms with Gasteiger partial charge in [0.25, 0.3) is 0 Å². The minimum atomic E-state index is -0.292. The van der Waals surface area contributed by atoms with Gasteiger partial charge in [0.15, 0.2) is 0 Å². The summed E-state index contributed by atoms with van der Waals surface area (Å²) in [5.41, 5.74) is 3.11. The summed E-state index contributed by atoms with van der Waals surface area (Å²) in [4.78, 5) is 28.5. The highest BCUT2D eigenvalue weighted by Gasteiger charge is 2.35. The molecule has 1 atom stereocenters. The molecule has 0 radical (unpaired) electrons. The highest BCUT2D eigenvalue weighted by molar-refractivity contribution is 6.01. The molecule has 1 aromatic rings. The van der Waals surface area contributed by atoms with Crippen molar-refractivity contribution in [1.29, 1.82) is 0 Å². The van der Waals surface area contributed by atoms with Gasteiger partial charge in [0.2, 0.25) is 11.8 Å². The third-order valence-electron chi connectivity index (χ3n) is 4.52. The number of hydrogen-bond acceptors (Lipinski definition) is 3. The number of rotatable bonds is 7. The zero-order valence-corrected chi connectivity index (χ0v) is 14.8. The Bertz CT molecular complexity index is 623. The Labute approximate surface area is 144 Å². The molecule has 1 aliphatic rings. The van der Waals surface area contributed by atoms with Gasteiger partial charge in [-0.1, -0.05) is 6.08 Å². The van der Waals surface area contributed by atoms with Crippen molar-refractivity contribution in [2.75, 3.05) is 36.0 Å². The zero-order valence-electron chi connectivity index (χ0n) is 14.8. The van der Waals surface area contributed by atoms with Crippen LogP contribution in [0.2, 0.25) is 0 Å². The third-order valence-corrected chi connectivity index (χ3v) is 4.52. The molecule has 2 amide bonds. The number of aryl methyl sites for hydroxylation is 1. The maximum Gasteiger partial charge on any atom is 0.227 e. The Morgan fingerprint density at radius 1 is 1.42 bits per heavy atom. The van der Waals surface area contributed by atoms with Gasteiger partial charge in [0.05, 0.1) is 5.92 Å². The monoisotopic (exact) mass is 329 g/mol. The van der Waals surface area contributed by atoms with E-state index in [0.29, 0.717) is 13.1 Å². The van der Waals surface area contributed by atoms with E-state index in [4.69, 9.17) is 0 Å². The maximum atomic E-state index is 12.4. The molecule has 130 valence electrons. The Morgan fingerprint density at radius 3 is 2.71 bits per heavy atom. The van der Waals surface area contributed by atoms with E-state index in [1.165, 1.54) is 0 Å². The summed E-state index contributed by atoms with van der Waals surface area (Å²) in [6.07, 6.45) is 1.91. The largest absolute Gasteiger partial charge is 0.372 e. The lowest BCUT2D eigenvalue weighted by atomic mass is 10.1. The van der Waals surface area contributed by atoms with Crippen molar-refractivity contribution in [3.8, 4) is 0 Å². The standard InChI is InChI=1S/C19H27N3O2/c1-5-10-20-19(24)15-12-18(23)22(13-15)17-9-8-16(11-14(17)4)21(6-2)7-3/h5,8-9,11,15H,1,6-7,10,12-13H2,2-4H3,(H,20,24). The minimum Gasteiger partial charge on any atom is -0.372 e. The summed E-state index contributed by atoms with van der Waals surface area (Å²) in [5, 5.41) is 2.78. The molecule has 1 fully saturated rings. The van der Waals surface area contributed by atoms with Gasteiger partial charge in [-0.2, -0.15) is 0 Å². The van der Waals surface area contributed by atoms with Crippen LogP contribution in [0.4, 0.5) is 11.4 Å². The predicted molar refractivity (Wildman–Crippen MR) is 98.4 cm³/mol. The van der Waals surface area contributed by atoms with Crippen molar-refractivity contribution in [2.45, 2.75) is 27.2 Å². The fraction of sp³-hybridized carbons (Fsp3) is 0.474. The number of carbonyl (C=O) groups excluding carboxylic acids is 2. The molecule has 1 N–H and O–H groups in total. The third kappa shape index (κ3) is 3.78. The second-order valence-corrected chi connectivity index (χ2v) is 6.08. The molecule has 0 aromatic heterocycles. The number of nitrogens with zero attached hydrogens (tertiary/aromatic N) is 2. The van der Waals surface area contributed by atoms with E-state index < -0.39 is 0 Å². The highest BCUT2D eigenvalue weighted by Crippen LogP contribution is 2.30. The molecule has 1 aliphatic heterocycles. The normalized spacial score (nSPS) is 17.0. The molecule has 5 heteroatoms. The fourth-order valence-electron chi connectivity index (χ4n) is 3.16. The number of carbonyl (C=O) groups is 2. The number of hydrogen-bond donors (Lipinski definition) is 1. The van der Waals surface area contributed by atoms with Crippen LogP contribution >= 0.6 is 0 Å². The minimum absolute atomic E-state index is 0.00689. The van der Waals surface area contributed by atoms with Gasteiger partial charge in [-0.15, -0.1) is 6.58 Å². The van der Waals surface area contributed by atoms with E-state index in [2.05, 4.69) is 36.7 Å². The summed E-state index contributed by atoms with van der Waals surface area (Å²) in [6.45, 7) is 12.6. The Hall–Kier alpha value is -2.30. The highest BCUT2D eigenvalue weighted by atomic mass is 16.2. The van der Waals surface area contributed by atoms with Crippen LogP contribution in [0.5, 0.6) is 0 Å². The molecule has 1 saturated heterocycles. The summed E-state index contributed by atoms with van der Waals surface area (Å²) >= 11 is 0. The SMILES string of the molecule is C=CCNC(=O)C1CC(=O)N(c2ccc(N(CC)CC)cc2C)C1. The second kappa shape index (κ2) is 7.99. The lowest BCUT2D eigenvalue weighted by Crippen LogP contribution is -2.33. The number of amides is 2. The van der Waals surface area contributed by atoms with Crippen LogP contribution in [0.1, 0.15) is 25.8 Å². The fourth-order valence-corrected chi connectivity index (χ4v) is 3.16. The van der Waals surface area contributed by atoms with Gasteiger partial charge < -0.3 is 15.1 Å². The molecule has 1 heterocycles. The lowest BCUT2D eigenvalue weighted by molar-refractivity contribution is -0.126. The number of anilines is 2. The molecular formula is C19H27N3O2. The Balaban J connectivity index is 2.15. The van der Waals surface area contributed by atoms with E-state index >= 15 is 0 Å². The average Bonchev–Trinajstić information content (AvgIpc) is 2.95. The van der Waals surface area contributed by atoms with Crippen LogP contribution in [0.15, 0.2) is 30.9 Å². The van der Waals surface area contributed by atoms with E-state index in [-0.39, 0.29) is 24.2 Å². The molecule has 0 aliphatic carbocycles. The quantitative estimate of drug-likeness (QED) is 0.782. The van der Waals surface area contributed by atoms with Crippen molar-refractivity contribution < 1.29 is 9.59 Å². The Kier molecular flexibility index (Phi) is 6.01. The van der Waals surface area contributed by atoms with E-state index in [9.17, 15) is 9.59 Å². The zero-order chi connectivity index (χ0) is 17.7. The van der Waals surface area contributed by atoms with Crippen molar-refractivity contribution in [3.63, 3.8) is 0 Å². The van der Waals surface area contributed by atoms with Crippen molar-refractivity contribution in [2.24, 2.45) is 5.92 Å². The van der Waals surface area contributed by atoms with Gasteiger partial charge in [0.1, 0.15) is 0 Å². The van der Waals surface area contributed by atoms with E-state index in [1.54, 1.807) is 11.0 Å². The van der Waals surface area contributed by atoms with E-state index in [1.807, 2.05) is 19.1 Å². The van der Waals surface area contributed by atoms with Gasteiger partial charge in [-0.05, 0) is 44.5 Å². The summed E-state index contributed by atoms with van der Waals surface area (Å²) in [5.74, 6) is -0.366. The average molecular weight is 329 g/mol. The van der Waals surface area contributed by atoms with Crippen molar-refractivity contribution >= 4 is 23.2 Å². The van der Waals surface area contributed by atoms with Crippen LogP contribution in [-0.4, -0.2) is 38.0 Å². The van der Waals surface area contributed by atoms with Gasteiger partial charge in [0, 0.05) is 44.0 Å². The van der Waals surface area contributed by atoms with Crippen molar-refractivity contribution in [3.05, 3.63) is 36.4 Å². The molecule has 2 rings (SSSR count). The van der Waals surface area contributed by atoms with Crippen LogP contribution in [0.25, 0.3) is 0 Å². The van der Waals surface area contributed by atoms with Gasteiger partial charge >= 0.3 is 0 Å². The number of benzene rings is 1. The molecule has 24 heavy (non-hydrogen) atoms. The molecule has 5 nitrogen and oxygen atoms in total. The molecule has 0 bridgehead atoms. The van der Waals surface area contributed by atoms with Crippen LogP contribution in [0.3, 0.4) is 0 Å². The molecule has 1 unspecified atom stereocenters. The van der Waals surface area contributed by atoms with Gasteiger partial charge in [-0.25, -0.2) is 0 Å². The van der Waals surface area contributed by atoms with E-state index in [0.717, 1.165) is 30.0 Å². The molecule has 0 spiro atoms. The summed E-state index contributed by atoms with van der Waals surface area (Å²) in [7, 11) is 0. The molecular weight excluding hydrogens is 302 g/mol. The summed E-state index contributed by atoms with van der Waals surface area (Å²) < 4.78 is 0. The predicted octanol–water partition coefficient (Wildman–Crippen LogP) is 2.50. The number of nitrogens with one attached hydrogen (secondary N) is 1. The first kappa shape index (κ1) is 18.0. The topological polar surface area (TPSA) is 52.7 Å². The van der Waals surface area contributed by atoms with Gasteiger partial charge in [-0.3, -0.25) is 9.59 Å². The smallest absolute Gasteiger partial charge is 0.227 e. The second-order valence-electron chi connectivity index (χ2n) is 6.08. The Morgan fingerprint density at radius 2 is 2.12 bits per heavy atom.